The zero-order valence-corrected chi connectivity index (χ0v) is 8.10. The van der Waals surface area contributed by atoms with Crippen LogP contribution in [-0.4, -0.2) is 27.8 Å². The zero-order chi connectivity index (χ0) is 10.8. The second kappa shape index (κ2) is 3.72. The molecule has 1 saturated carbocycles. The molecule has 1 aromatic rings. The second-order valence-corrected chi connectivity index (χ2v) is 3.66. The van der Waals surface area contributed by atoms with E-state index >= 15 is 0 Å². The Morgan fingerprint density at radius 1 is 1.60 bits per heavy atom. The predicted molar refractivity (Wildman–Crippen MR) is 54.6 cm³/mol. The number of hydrogen-bond donors (Lipinski definition) is 3. The van der Waals surface area contributed by atoms with Gasteiger partial charge in [-0.05, 0) is 18.8 Å². The maximum Gasteiger partial charge on any atom is 0.339 e. The number of hydrogen-bond acceptors (Lipinski definition) is 5. The number of nitrogens with two attached hydrogens (primary N) is 1. The van der Waals surface area contributed by atoms with E-state index in [1.165, 1.54) is 18.9 Å². The molecule has 2 rings (SSSR count). The Hall–Kier alpha value is -1.85. The van der Waals surface area contributed by atoms with Gasteiger partial charge in [-0.1, -0.05) is 0 Å². The van der Waals surface area contributed by atoms with Crippen LogP contribution in [0.1, 0.15) is 23.2 Å². The van der Waals surface area contributed by atoms with Gasteiger partial charge in [0.2, 0.25) is 0 Å². The van der Waals surface area contributed by atoms with Gasteiger partial charge >= 0.3 is 5.97 Å². The first kappa shape index (κ1) is 9.70. The molecular weight excluding hydrogens is 196 g/mol. The zero-order valence-electron chi connectivity index (χ0n) is 8.10. The highest BCUT2D eigenvalue weighted by molar-refractivity contribution is 5.93. The van der Waals surface area contributed by atoms with E-state index in [-0.39, 0.29) is 11.4 Å². The molecule has 0 bridgehead atoms. The van der Waals surface area contributed by atoms with Crippen molar-refractivity contribution in [2.45, 2.75) is 12.8 Å². The molecule has 0 aromatic carbocycles. The SMILES string of the molecule is Nc1cc(C(=O)O)c(NCC2CC2)nn1. The molecule has 1 aliphatic rings. The van der Waals surface area contributed by atoms with Crippen LogP contribution in [0.2, 0.25) is 0 Å². The Morgan fingerprint density at radius 3 is 2.93 bits per heavy atom. The number of anilines is 2. The molecule has 0 atom stereocenters. The minimum Gasteiger partial charge on any atom is -0.478 e. The highest BCUT2D eigenvalue weighted by Gasteiger charge is 2.22. The standard InChI is InChI=1S/C9H12N4O2/c10-7-3-6(9(14)15)8(13-12-7)11-4-5-1-2-5/h3,5H,1-2,4H2,(H2,10,12)(H,11,13)(H,14,15). The Kier molecular flexibility index (Phi) is 2.40. The van der Waals surface area contributed by atoms with Crippen LogP contribution in [0.3, 0.4) is 0 Å². The lowest BCUT2D eigenvalue weighted by molar-refractivity contribution is 0.0697. The fourth-order valence-electron chi connectivity index (χ4n) is 1.26. The molecule has 6 nitrogen and oxygen atoms in total. The summed E-state index contributed by atoms with van der Waals surface area (Å²) in [5.74, 6) is 0.00821. The maximum absolute atomic E-state index is 10.9. The summed E-state index contributed by atoms with van der Waals surface area (Å²) in [5, 5.41) is 19.2. The normalized spacial score (nSPS) is 14.9. The first-order valence-corrected chi connectivity index (χ1v) is 4.77. The summed E-state index contributed by atoms with van der Waals surface area (Å²) in [5.41, 5.74) is 5.44. The number of carboxylic acids is 1. The van der Waals surface area contributed by atoms with Gasteiger partial charge in [-0.15, -0.1) is 10.2 Å². The van der Waals surface area contributed by atoms with Gasteiger partial charge < -0.3 is 16.2 Å². The average Bonchev–Trinajstić information content (AvgIpc) is 2.99. The Bertz CT molecular complexity index is 390. The van der Waals surface area contributed by atoms with E-state index in [0.29, 0.717) is 11.7 Å². The molecule has 15 heavy (non-hydrogen) atoms. The minimum atomic E-state index is -1.05. The maximum atomic E-state index is 10.9. The summed E-state index contributed by atoms with van der Waals surface area (Å²) in [6.45, 7) is 0.749. The molecule has 6 heteroatoms. The first-order valence-electron chi connectivity index (χ1n) is 4.77. The van der Waals surface area contributed by atoms with Gasteiger partial charge in [0.15, 0.2) is 5.82 Å². The lowest BCUT2D eigenvalue weighted by atomic mass is 10.2. The van der Waals surface area contributed by atoms with Crippen LogP contribution in [0.15, 0.2) is 6.07 Å². The van der Waals surface area contributed by atoms with Crippen LogP contribution >= 0.6 is 0 Å². The molecule has 0 radical (unpaired) electrons. The van der Waals surface area contributed by atoms with Crippen LogP contribution in [0.5, 0.6) is 0 Å². The van der Waals surface area contributed by atoms with Gasteiger partial charge in [0, 0.05) is 12.6 Å². The fourth-order valence-corrected chi connectivity index (χ4v) is 1.26. The van der Waals surface area contributed by atoms with Crippen LogP contribution in [-0.2, 0) is 0 Å². The third kappa shape index (κ3) is 2.34. The fraction of sp³-hybridized carbons (Fsp3) is 0.444. The summed E-state index contributed by atoms with van der Waals surface area (Å²) >= 11 is 0. The number of rotatable bonds is 4. The average molecular weight is 208 g/mol. The molecule has 0 saturated heterocycles. The van der Waals surface area contributed by atoms with E-state index in [2.05, 4.69) is 15.5 Å². The van der Waals surface area contributed by atoms with E-state index < -0.39 is 5.97 Å². The van der Waals surface area contributed by atoms with Crippen molar-refractivity contribution >= 4 is 17.6 Å². The molecule has 1 aliphatic carbocycles. The predicted octanol–water partition coefficient (Wildman–Crippen LogP) is 0.579. The molecular formula is C9H12N4O2. The number of carbonyl (C=O) groups is 1. The van der Waals surface area contributed by atoms with E-state index in [1.54, 1.807) is 0 Å². The summed E-state index contributed by atoms with van der Waals surface area (Å²) in [7, 11) is 0. The van der Waals surface area contributed by atoms with Crippen molar-refractivity contribution in [2.24, 2.45) is 5.92 Å². The number of aromatic nitrogens is 2. The van der Waals surface area contributed by atoms with Gasteiger partial charge in [0.1, 0.15) is 11.4 Å². The van der Waals surface area contributed by atoms with Crippen molar-refractivity contribution < 1.29 is 9.90 Å². The number of nitrogens with one attached hydrogen (secondary N) is 1. The van der Waals surface area contributed by atoms with Crippen molar-refractivity contribution in [1.82, 2.24) is 10.2 Å². The van der Waals surface area contributed by atoms with Gasteiger partial charge in [-0.2, -0.15) is 0 Å². The summed E-state index contributed by atoms with van der Waals surface area (Å²) < 4.78 is 0. The monoisotopic (exact) mass is 208 g/mol. The van der Waals surface area contributed by atoms with Crippen molar-refractivity contribution in [3.63, 3.8) is 0 Å². The lowest BCUT2D eigenvalue weighted by Gasteiger charge is -2.06. The molecule has 80 valence electrons. The van der Waals surface area contributed by atoms with Gasteiger partial charge in [0.25, 0.3) is 0 Å². The summed E-state index contributed by atoms with van der Waals surface area (Å²) in [4.78, 5) is 10.9. The summed E-state index contributed by atoms with van der Waals surface area (Å²) in [6.07, 6.45) is 2.38. The molecule has 0 unspecified atom stereocenters. The van der Waals surface area contributed by atoms with E-state index in [1.807, 2.05) is 0 Å². The van der Waals surface area contributed by atoms with E-state index in [0.717, 1.165) is 6.54 Å². The highest BCUT2D eigenvalue weighted by atomic mass is 16.4. The van der Waals surface area contributed by atoms with Crippen LogP contribution in [0.4, 0.5) is 11.6 Å². The smallest absolute Gasteiger partial charge is 0.339 e. The Morgan fingerprint density at radius 2 is 2.33 bits per heavy atom. The van der Waals surface area contributed by atoms with Gasteiger partial charge in [0.05, 0.1) is 0 Å². The van der Waals surface area contributed by atoms with E-state index in [4.69, 9.17) is 10.8 Å². The van der Waals surface area contributed by atoms with Gasteiger partial charge in [-0.3, -0.25) is 0 Å². The second-order valence-electron chi connectivity index (χ2n) is 3.66. The molecule has 0 aliphatic heterocycles. The Balaban J connectivity index is 2.15. The first-order chi connectivity index (χ1) is 7.16. The lowest BCUT2D eigenvalue weighted by Crippen LogP contribution is -2.12. The van der Waals surface area contributed by atoms with Gasteiger partial charge in [-0.25, -0.2) is 4.79 Å². The largest absolute Gasteiger partial charge is 0.478 e. The molecule has 4 N–H and O–H groups in total. The van der Waals surface area contributed by atoms with Crippen molar-refractivity contribution in [1.29, 1.82) is 0 Å². The van der Waals surface area contributed by atoms with E-state index in [9.17, 15) is 4.79 Å². The van der Waals surface area contributed by atoms with Crippen molar-refractivity contribution in [3.05, 3.63) is 11.6 Å². The summed E-state index contributed by atoms with van der Waals surface area (Å²) in [6, 6.07) is 1.31. The van der Waals surface area contributed by atoms with Crippen molar-refractivity contribution in [2.75, 3.05) is 17.6 Å². The molecule has 0 amide bonds. The topological polar surface area (TPSA) is 101 Å². The van der Waals surface area contributed by atoms with Crippen LogP contribution < -0.4 is 11.1 Å². The minimum absolute atomic E-state index is 0.0724. The number of nitrogen functional groups attached to an aromatic ring is 1. The van der Waals surface area contributed by atoms with Crippen LogP contribution in [0, 0.1) is 5.92 Å². The number of carboxylic acid groups (broad SMARTS) is 1. The molecule has 1 heterocycles. The highest BCUT2D eigenvalue weighted by Crippen LogP contribution is 2.29. The third-order valence-corrected chi connectivity index (χ3v) is 2.30. The number of aromatic carboxylic acids is 1. The van der Waals surface area contributed by atoms with Crippen molar-refractivity contribution in [3.8, 4) is 0 Å². The quantitative estimate of drug-likeness (QED) is 0.669. The third-order valence-electron chi connectivity index (χ3n) is 2.30. The molecule has 0 spiro atoms. The Labute approximate surface area is 86.5 Å². The number of nitrogens with zero attached hydrogens (tertiary/aromatic N) is 2. The molecule has 1 aromatic heterocycles. The molecule has 1 fully saturated rings. The van der Waals surface area contributed by atoms with Crippen LogP contribution in [0.25, 0.3) is 0 Å².